The first-order valence-electron chi connectivity index (χ1n) is 7.45. The molecule has 0 aliphatic carbocycles. The molecule has 2 aromatic carbocycles. The first-order chi connectivity index (χ1) is 11.6. The number of hydrogen-bond acceptors (Lipinski definition) is 2. The summed E-state index contributed by atoms with van der Waals surface area (Å²) < 4.78 is 13.3. The second kappa shape index (κ2) is 7.39. The fraction of sp³-hybridized carbons (Fsp3) is 0.0500. The first-order valence-corrected chi connectivity index (χ1v) is 7.83. The minimum absolute atomic E-state index is 0.327. The van der Waals surface area contributed by atoms with Gasteiger partial charge in [0.15, 0.2) is 0 Å². The Morgan fingerprint density at radius 2 is 1.79 bits per heavy atom. The Bertz CT molecular complexity index is 847. The molecule has 0 radical (unpaired) electrons. The molecule has 0 aliphatic rings. The van der Waals surface area contributed by atoms with Crippen molar-refractivity contribution in [2.24, 2.45) is 0 Å². The first kappa shape index (κ1) is 16.4. The fourth-order valence-electron chi connectivity index (χ4n) is 2.47. The maximum Gasteiger partial charge on any atom is 0.123 e. The Morgan fingerprint density at radius 1 is 1.04 bits per heavy atom. The van der Waals surface area contributed by atoms with Crippen LogP contribution in [0.5, 0.6) is 0 Å². The third-order valence-corrected chi connectivity index (χ3v) is 4.02. The topological polar surface area (TPSA) is 33.1 Å². The molecule has 0 saturated heterocycles. The largest absolute Gasteiger partial charge is 0.384 e. The molecule has 24 heavy (non-hydrogen) atoms. The number of halogens is 2. The zero-order valence-electron chi connectivity index (χ0n) is 12.7. The molecule has 120 valence electrons. The summed E-state index contributed by atoms with van der Waals surface area (Å²) in [6.45, 7) is 0. The molecular weight excluding hydrogens is 325 g/mol. The zero-order chi connectivity index (χ0) is 16.9. The van der Waals surface area contributed by atoms with Gasteiger partial charge in [0.25, 0.3) is 0 Å². The number of hydrogen-bond donors (Lipinski definition) is 1. The van der Waals surface area contributed by atoms with Gasteiger partial charge in [-0.3, -0.25) is 4.98 Å². The standard InChI is InChI=1S/C20H15ClFNO/c21-19-6-2-1-5-17(19)20(24)18(12-14-4-3-11-23-13-14)15-7-9-16(22)10-8-15/h1-13,20,24H. The molecule has 0 spiro atoms. The van der Waals surface area contributed by atoms with E-state index in [9.17, 15) is 9.50 Å². The highest BCUT2D eigenvalue weighted by atomic mass is 35.5. The number of benzene rings is 2. The number of aromatic nitrogens is 1. The molecule has 1 aromatic heterocycles. The van der Waals surface area contributed by atoms with E-state index in [4.69, 9.17) is 11.6 Å². The van der Waals surface area contributed by atoms with Crippen molar-refractivity contribution in [3.8, 4) is 0 Å². The van der Waals surface area contributed by atoms with Gasteiger partial charge in [-0.2, -0.15) is 0 Å². The van der Waals surface area contributed by atoms with Crippen molar-refractivity contribution in [2.45, 2.75) is 6.10 Å². The summed E-state index contributed by atoms with van der Waals surface area (Å²) in [4.78, 5) is 4.08. The Kier molecular flexibility index (Phi) is 5.04. The highest BCUT2D eigenvalue weighted by Gasteiger charge is 2.18. The van der Waals surface area contributed by atoms with Crippen LogP contribution in [-0.4, -0.2) is 10.1 Å². The summed E-state index contributed by atoms with van der Waals surface area (Å²) in [5, 5.41) is 11.4. The van der Waals surface area contributed by atoms with E-state index < -0.39 is 6.10 Å². The lowest BCUT2D eigenvalue weighted by molar-refractivity contribution is 0.239. The average molecular weight is 340 g/mol. The molecule has 1 unspecified atom stereocenters. The number of aliphatic hydroxyl groups excluding tert-OH is 1. The zero-order valence-corrected chi connectivity index (χ0v) is 13.5. The Hall–Kier alpha value is -2.49. The summed E-state index contributed by atoms with van der Waals surface area (Å²) in [6.07, 6.45) is 4.26. The normalized spacial score (nSPS) is 12.9. The maximum absolute atomic E-state index is 13.3. The number of aliphatic hydroxyl groups is 1. The van der Waals surface area contributed by atoms with Gasteiger partial charge in [0.2, 0.25) is 0 Å². The summed E-state index contributed by atoms with van der Waals surface area (Å²) in [5.74, 6) is -0.327. The predicted molar refractivity (Wildman–Crippen MR) is 94.9 cm³/mol. The van der Waals surface area contributed by atoms with Gasteiger partial charge in [0.05, 0.1) is 0 Å². The summed E-state index contributed by atoms with van der Waals surface area (Å²) in [7, 11) is 0. The molecule has 3 rings (SSSR count). The van der Waals surface area contributed by atoms with Crippen molar-refractivity contribution in [1.29, 1.82) is 0 Å². The second-order valence-corrected chi connectivity index (χ2v) is 5.72. The van der Waals surface area contributed by atoms with E-state index in [0.717, 1.165) is 5.56 Å². The molecule has 0 saturated carbocycles. The van der Waals surface area contributed by atoms with Crippen molar-refractivity contribution in [2.75, 3.05) is 0 Å². The van der Waals surface area contributed by atoms with Crippen LogP contribution in [0, 0.1) is 5.82 Å². The third-order valence-electron chi connectivity index (χ3n) is 3.68. The van der Waals surface area contributed by atoms with Crippen LogP contribution in [0.25, 0.3) is 11.6 Å². The molecule has 0 bridgehead atoms. The average Bonchev–Trinajstić information content (AvgIpc) is 2.61. The smallest absolute Gasteiger partial charge is 0.123 e. The van der Waals surface area contributed by atoms with Gasteiger partial charge in [0.1, 0.15) is 11.9 Å². The van der Waals surface area contributed by atoms with Gasteiger partial charge in [-0.25, -0.2) is 4.39 Å². The van der Waals surface area contributed by atoms with Crippen LogP contribution in [0.4, 0.5) is 4.39 Å². The third kappa shape index (κ3) is 3.70. The number of rotatable bonds is 4. The van der Waals surface area contributed by atoms with Crippen molar-refractivity contribution in [3.05, 3.63) is 101 Å². The van der Waals surface area contributed by atoms with Gasteiger partial charge in [-0.05, 0) is 47.0 Å². The Morgan fingerprint density at radius 3 is 2.46 bits per heavy atom. The van der Waals surface area contributed by atoms with E-state index in [-0.39, 0.29) is 5.82 Å². The molecule has 2 nitrogen and oxygen atoms in total. The quantitative estimate of drug-likeness (QED) is 0.713. The van der Waals surface area contributed by atoms with Crippen LogP contribution >= 0.6 is 11.6 Å². The molecule has 4 heteroatoms. The van der Waals surface area contributed by atoms with Gasteiger partial charge in [-0.1, -0.05) is 48.0 Å². The lowest BCUT2D eigenvalue weighted by Crippen LogP contribution is -2.02. The molecule has 3 aromatic rings. The number of pyridine rings is 1. The minimum Gasteiger partial charge on any atom is -0.384 e. The second-order valence-electron chi connectivity index (χ2n) is 5.32. The Labute approximate surface area is 144 Å². The monoisotopic (exact) mass is 339 g/mol. The highest BCUT2D eigenvalue weighted by molar-refractivity contribution is 6.31. The van der Waals surface area contributed by atoms with Crippen LogP contribution < -0.4 is 0 Å². The van der Waals surface area contributed by atoms with Gasteiger partial charge >= 0.3 is 0 Å². The number of nitrogens with zero attached hydrogens (tertiary/aromatic N) is 1. The molecule has 1 heterocycles. The summed E-state index contributed by atoms with van der Waals surface area (Å²) in [6, 6.07) is 16.8. The van der Waals surface area contributed by atoms with Crippen LogP contribution in [0.2, 0.25) is 5.02 Å². The van der Waals surface area contributed by atoms with Crippen LogP contribution in [0.15, 0.2) is 73.1 Å². The lowest BCUT2D eigenvalue weighted by atomic mass is 9.93. The van der Waals surface area contributed by atoms with E-state index in [1.807, 2.05) is 24.3 Å². The van der Waals surface area contributed by atoms with E-state index in [0.29, 0.717) is 21.7 Å². The van der Waals surface area contributed by atoms with Gasteiger partial charge < -0.3 is 5.11 Å². The van der Waals surface area contributed by atoms with E-state index >= 15 is 0 Å². The molecule has 0 amide bonds. The van der Waals surface area contributed by atoms with E-state index in [1.54, 1.807) is 42.7 Å². The maximum atomic E-state index is 13.3. The van der Waals surface area contributed by atoms with Crippen LogP contribution in [-0.2, 0) is 0 Å². The van der Waals surface area contributed by atoms with Crippen LogP contribution in [0.3, 0.4) is 0 Å². The Balaban J connectivity index is 2.10. The van der Waals surface area contributed by atoms with Crippen molar-refractivity contribution < 1.29 is 9.50 Å². The molecule has 1 atom stereocenters. The molecule has 0 aliphatic heterocycles. The summed E-state index contributed by atoms with van der Waals surface area (Å²) in [5.41, 5.74) is 2.77. The SMILES string of the molecule is OC(C(=Cc1cccnc1)c1ccc(F)cc1)c1ccccc1Cl. The molecule has 0 fully saturated rings. The predicted octanol–water partition coefficient (Wildman–Crippen LogP) is 5.15. The van der Waals surface area contributed by atoms with Crippen molar-refractivity contribution in [1.82, 2.24) is 4.98 Å². The van der Waals surface area contributed by atoms with Crippen molar-refractivity contribution >= 4 is 23.3 Å². The molecular formula is C20H15ClFNO. The van der Waals surface area contributed by atoms with E-state index in [1.165, 1.54) is 12.1 Å². The molecule has 1 N–H and O–H groups in total. The minimum atomic E-state index is -0.940. The summed E-state index contributed by atoms with van der Waals surface area (Å²) >= 11 is 6.22. The van der Waals surface area contributed by atoms with Crippen LogP contribution in [0.1, 0.15) is 22.8 Å². The van der Waals surface area contributed by atoms with Gasteiger partial charge in [-0.15, -0.1) is 0 Å². The van der Waals surface area contributed by atoms with Gasteiger partial charge in [0, 0.05) is 23.0 Å². The fourth-order valence-corrected chi connectivity index (χ4v) is 2.71. The highest BCUT2D eigenvalue weighted by Crippen LogP contribution is 2.35. The lowest BCUT2D eigenvalue weighted by Gasteiger charge is -2.17. The van der Waals surface area contributed by atoms with E-state index in [2.05, 4.69) is 4.98 Å². The van der Waals surface area contributed by atoms with Crippen molar-refractivity contribution in [3.63, 3.8) is 0 Å².